The second kappa shape index (κ2) is 5.63. The first-order chi connectivity index (χ1) is 6.63. The number of hydrogen-bond acceptors (Lipinski definition) is 4. The molecule has 0 bridgehead atoms. The van der Waals surface area contributed by atoms with E-state index in [9.17, 15) is 0 Å². The van der Waals surface area contributed by atoms with Crippen molar-refractivity contribution < 1.29 is 0 Å². The molecule has 1 rings (SSSR count). The lowest BCUT2D eigenvalue weighted by Crippen LogP contribution is -2.20. The maximum Gasteiger partial charge on any atom is 0.0957 e. The zero-order valence-electron chi connectivity index (χ0n) is 8.77. The van der Waals surface area contributed by atoms with Gasteiger partial charge in [0.05, 0.1) is 5.03 Å². The Bertz CT molecular complexity index is 272. The molecule has 0 radical (unpaired) electrons. The molecule has 1 aromatic rings. The van der Waals surface area contributed by atoms with Crippen molar-refractivity contribution in [1.29, 1.82) is 0 Å². The van der Waals surface area contributed by atoms with Crippen LogP contribution in [0, 0.1) is 0 Å². The molecule has 4 heteroatoms. The third-order valence-corrected chi connectivity index (χ3v) is 3.21. The average molecular weight is 228 g/mol. The van der Waals surface area contributed by atoms with Crippen LogP contribution < -0.4 is 0 Å². The molecule has 0 aromatic carbocycles. The van der Waals surface area contributed by atoms with Crippen molar-refractivity contribution in [3.05, 3.63) is 23.9 Å². The number of thioether (sulfide) groups is 1. The van der Waals surface area contributed by atoms with Gasteiger partial charge in [-0.1, -0.05) is 18.9 Å². The summed E-state index contributed by atoms with van der Waals surface area (Å²) in [5.41, 5.74) is 1.20. The summed E-state index contributed by atoms with van der Waals surface area (Å²) in [6.45, 7) is 5.08. The molecule has 0 amide bonds. The van der Waals surface area contributed by atoms with Gasteiger partial charge < -0.3 is 0 Å². The standard InChI is InChI=1S/C10H16N2S2/c1-8(2)12(13)7-9-4-5-10(14-3)11-6-9/h4-6,8,13H,7H2,1-3H3. The summed E-state index contributed by atoms with van der Waals surface area (Å²) in [7, 11) is 0. The summed E-state index contributed by atoms with van der Waals surface area (Å²) >= 11 is 6.04. The van der Waals surface area contributed by atoms with Crippen LogP contribution >= 0.6 is 24.6 Å². The van der Waals surface area contributed by atoms with Gasteiger partial charge in [-0.3, -0.25) is 0 Å². The maximum absolute atomic E-state index is 4.39. The van der Waals surface area contributed by atoms with E-state index in [0.717, 1.165) is 11.6 Å². The average Bonchev–Trinajstić information content (AvgIpc) is 2.19. The number of thiol groups is 1. The molecule has 0 N–H and O–H groups in total. The molecule has 1 heterocycles. The lowest BCUT2D eigenvalue weighted by Gasteiger charge is -2.19. The molecule has 1 aromatic heterocycles. The first kappa shape index (κ1) is 11.9. The first-order valence-electron chi connectivity index (χ1n) is 4.58. The Labute approximate surface area is 95.6 Å². The molecule has 0 saturated carbocycles. The van der Waals surface area contributed by atoms with Crippen molar-refractivity contribution in [1.82, 2.24) is 9.29 Å². The largest absolute Gasteiger partial charge is 0.250 e. The monoisotopic (exact) mass is 228 g/mol. The first-order valence-corrected chi connectivity index (χ1v) is 6.20. The minimum absolute atomic E-state index is 0.443. The fourth-order valence-electron chi connectivity index (χ4n) is 0.995. The predicted molar refractivity (Wildman–Crippen MR) is 65.7 cm³/mol. The fraction of sp³-hybridized carbons (Fsp3) is 0.500. The van der Waals surface area contributed by atoms with Crippen molar-refractivity contribution in [2.75, 3.05) is 6.26 Å². The Hall–Kier alpha value is -0.190. The number of nitrogens with zero attached hydrogens (tertiary/aromatic N) is 2. The Morgan fingerprint density at radius 2 is 2.21 bits per heavy atom. The van der Waals surface area contributed by atoms with E-state index in [1.54, 1.807) is 11.8 Å². The summed E-state index contributed by atoms with van der Waals surface area (Å²) in [5, 5.41) is 1.06. The number of hydrogen-bond donors (Lipinski definition) is 1. The van der Waals surface area contributed by atoms with Crippen molar-refractivity contribution in [2.24, 2.45) is 0 Å². The highest BCUT2D eigenvalue weighted by atomic mass is 32.2. The minimum atomic E-state index is 0.443. The predicted octanol–water partition coefficient (Wildman–Crippen LogP) is 2.86. The van der Waals surface area contributed by atoms with Gasteiger partial charge in [0.2, 0.25) is 0 Å². The lowest BCUT2D eigenvalue weighted by atomic mass is 10.2. The van der Waals surface area contributed by atoms with E-state index in [1.165, 1.54) is 5.56 Å². The smallest absolute Gasteiger partial charge is 0.0957 e. The van der Waals surface area contributed by atoms with Crippen LogP contribution in [0.3, 0.4) is 0 Å². The second-order valence-electron chi connectivity index (χ2n) is 3.40. The second-order valence-corrected chi connectivity index (χ2v) is 4.74. The molecule has 78 valence electrons. The summed E-state index contributed by atoms with van der Waals surface area (Å²) in [6.07, 6.45) is 3.94. The summed E-state index contributed by atoms with van der Waals surface area (Å²) in [6, 6.07) is 4.59. The van der Waals surface area contributed by atoms with Gasteiger partial charge in [0.25, 0.3) is 0 Å². The van der Waals surface area contributed by atoms with Crippen molar-refractivity contribution in [3.8, 4) is 0 Å². The summed E-state index contributed by atoms with van der Waals surface area (Å²) in [5.74, 6) is 0. The van der Waals surface area contributed by atoms with E-state index >= 15 is 0 Å². The van der Waals surface area contributed by atoms with Crippen molar-refractivity contribution >= 4 is 24.6 Å². The molecular weight excluding hydrogens is 212 g/mol. The molecule has 0 atom stereocenters. The van der Waals surface area contributed by atoms with Crippen LogP contribution in [-0.2, 0) is 6.54 Å². The molecule has 0 fully saturated rings. The molecule has 0 saturated heterocycles. The van der Waals surface area contributed by atoms with E-state index in [2.05, 4.69) is 37.7 Å². The van der Waals surface area contributed by atoms with Gasteiger partial charge in [0.1, 0.15) is 0 Å². The van der Waals surface area contributed by atoms with Crippen LogP contribution in [0.5, 0.6) is 0 Å². The fourth-order valence-corrected chi connectivity index (χ4v) is 1.52. The van der Waals surface area contributed by atoms with Gasteiger partial charge in [-0.05, 0) is 31.7 Å². The third-order valence-electron chi connectivity index (χ3n) is 1.95. The molecular formula is C10H16N2S2. The van der Waals surface area contributed by atoms with Crippen LogP contribution in [0.25, 0.3) is 0 Å². The van der Waals surface area contributed by atoms with Gasteiger partial charge in [-0.2, -0.15) is 0 Å². The van der Waals surface area contributed by atoms with Crippen molar-refractivity contribution in [2.45, 2.75) is 31.5 Å². The number of pyridine rings is 1. The van der Waals surface area contributed by atoms with Gasteiger partial charge in [0.15, 0.2) is 0 Å². The lowest BCUT2D eigenvalue weighted by molar-refractivity contribution is 0.395. The zero-order chi connectivity index (χ0) is 10.6. The van der Waals surface area contributed by atoms with Crippen LogP contribution in [-0.4, -0.2) is 21.6 Å². The molecule has 0 spiro atoms. The molecule has 2 nitrogen and oxygen atoms in total. The van der Waals surface area contributed by atoms with E-state index in [1.807, 2.05) is 22.8 Å². The van der Waals surface area contributed by atoms with Crippen LogP contribution in [0.15, 0.2) is 23.4 Å². The third kappa shape index (κ3) is 3.52. The van der Waals surface area contributed by atoms with Crippen LogP contribution in [0.4, 0.5) is 0 Å². The Balaban J connectivity index is 2.59. The van der Waals surface area contributed by atoms with Gasteiger partial charge in [-0.25, -0.2) is 9.29 Å². The van der Waals surface area contributed by atoms with Gasteiger partial charge in [0, 0.05) is 18.8 Å². The molecule has 0 unspecified atom stereocenters. The SMILES string of the molecule is CSc1ccc(CN(S)C(C)C)cn1. The number of aromatic nitrogens is 1. The Morgan fingerprint density at radius 1 is 1.50 bits per heavy atom. The highest BCUT2D eigenvalue weighted by molar-refractivity contribution is 7.98. The highest BCUT2D eigenvalue weighted by Crippen LogP contribution is 2.14. The van der Waals surface area contributed by atoms with Gasteiger partial charge in [-0.15, -0.1) is 11.8 Å². The zero-order valence-corrected chi connectivity index (χ0v) is 10.5. The normalized spacial score (nSPS) is 11.3. The van der Waals surface area contributed by atoms with E-state index in [0.29, 0.717) is 6.04 Å². The van der Waals surface area contributed by atoms with Gasteiger partial charge >= 0.3 is 0 Å². The minimum Gasteiger partial charge on any atom is -0.250 e. The van der Waals surface area contributed by atoms with E-state index in [-0.39, 0.29) is 0 Å². The topological polar surface area (TPSA) is 16.1 Å². The molecule has 14 heavy (non-hydrogen) atoms. The molecule has 0 aliphatic carbocycles. The number of rotatable bonds is 4. The van der Waals surface area contributed by atoms with E-state index in [4.69, 9.17) is 0 Å². The van der Waals surface area contributed by atoms with Crippen LogP contribution in [0.1, 0.15) is 19.4 Å². The Morgan fingerprint density at radius 3 is 2.64 bits per heavy atom. The van der Waals surface area contributed by atoms with Crippen LogP contribution in [0.2, 0.25) is 0 Å². The Kier molecular flexibility index (Phi) is 4.78. The highest BCUT2D eigenvalue weighted by Gasteiger charge is 2.05. The molecule has 0 aliphatic rings. The van der Waals surface area contributed by atoms with Crippen molar-refractivity contribution in [3.63, 3.8) is 0 Å². The summed E-state index contributed by atoms with van der Waals surface area (Å²) < 4.78 is 2.00. The molecule has 0 aliphatic heterocycles. The maximum atomic E-state index is 4.39. The summed E-state index contributed by atoms with van der Waals surface area (Å²) in [4.78, 5) is 4.31. The quantitative estimate of drug-likeness (QED) is 0.630. The van der Waals surface area contributed by atoms with E-state index < -0.39 is 0 Å².